The molecule has 72 valence electrons. The van der Waals surface area contributed by atoms with Crippen LogP contribution in [-0.4, -0.2) is 17.8 Å². The first-order valence-corrected chi connectivity index (χ1v) is 4.77. The number of carbonyl (C=O) groups excluding carboxylic acids is 1. The molecule has 0 radical (unpaired) electrons. The molecule has 0 aliphatic heterocycles. The van der Waals surface area contributed by atoms with E-state index >= 15 is 0 Å². The van der Waals surface area contributed by atoms with Gasteiger partial charge in [-0.05, 0) is 18.4 Å². The van der Waals surface area contributed by atoms with Gasteiger partial charge in [-0.15, -0.1) is 11.3 Å². The van der Waals surface area contributed by atoms with Crippen LogP contribution in [0.15, 0.2) is 11.4 Å². The fourth-order valence-corrected chi connectivity index (χ4v) is 1.54. The molecule has 2 N–H and O–H groups in total. The van der Waals surface area contributed by atoms with Crippen LogP contribution in [0, 0.1) is 0 Å². The lowest BCUT2D eigenvalue weighted by Crippen LogP contribution is -2.13. The normalized spacial score (nSPS) is 9.69. The molecule has 1 heterocycles. The monoisotopic (exact) mass is 201 g/mol. The van der Waals surface area contributed by atoms with E-state index in [-0.39, 0.29) is 6.61 Å². The van der Waals surface area contributed by atoms with E-state index in [1.165, 1.54) is 11.3 Å². The number of nitrogens with one attached hydrogen (secondary N) is 1. The smallest absolute Gasteiger partial charge is 0.411 e. The number of anilines is 1. The van der Waals surface area contributed by atoms with E-state index in [0.29, 0.717) is 12.3 Å². The van der Waals surface area contributed by atoms with Gasteiger partial charge in [0.15, 0.2) is 0 Å². The number of hydrogen-bond donors (Lipinski definition) is 2. The summed E-state index contributed by atoms with van der Waals surface area (Å²) in [5.74, 6) is 0. The van der Waals surface area contributed by atoms with Gasteiger partial charge in [0.2, 0.25) is 0 Å². The highest BCUT2D eigenvalue weighted by atomic mass is 32.1. The summed E-state index contributed by atoms with van der Waals surface area (Å²) < 4.78 is 4.69. The number of carbonyl (C=O) groups is 1. The van der Waals surface area contributed by atoms with Crippen LogP contribution in [0.25, 0.3) is 0 Å². The van der Waals surface area contributed by atoms with Gasteiger partial charge in [0.1, 0.15) is 0 Å². The standard InChI is InChI=1S/C8H11NO3S/c1-2-12-8(11)9-6-3-4-13-7(6)5-10/h3-4,10H,2,5H2,1H3,(H,9,11). The lowest BCUT2D eigenvalue weighted by atomic mass is 10.4. The van der Waals surface area contributed by atoms with Gasteiger partial charge in [0.05, 0.1) is 23.8 Å². The van der Waals surface area contributed by atoms with Crippen molar-refractivity contribution in [2.75, 3.05) is 11.9 Å². The van der Waals surface area contributed by atoms with Gasteiger partial charge in [-0.25, -0.2) is 4.79 Å². The molecule has 0 spiro atoms. The van der Waals surface area contributed by atoms with Gasteiger partial charge in [-0.3, -0.25) is 5.32 Å². The van der Waals surface area contributed by atoms with E-state index in [0.717, 1.165) is 4.88 Å². The number of rotatable bonds is 3. The average Bonchev–Trinajstić information content (AvgIpc) is 2.52. The highest BCUT2D eigenvalue weighted by Gasteiger charge is 2.06. The molecule has 0 aliphatic rings. The van der Waals surface area contributed by atoms with Gasteiger partial charge >= 0.3 is 6.09 Å². The summed E-state index contributed by atoms with van der Waals surface area (Å²) in [6, 6.07) is 1.73. The van der Waals surface area contributed by atoms with Crippen LogP contribution in [0.5, 0.6) is 0 Å². The van der Waals surface area contributed by atoms with Crippen LogP contribution in [0.2, 0.25) is 0 Å². The lowest BCUT2D eigenvalue weighted by molar-refractivity contribution is 0.168. The molecular weight excluding hydrogens is 190 g/mol. The summed E-state index contributed by atoms with van der Waals surface area (Å²) in [4.78, 5) is 11.7. The molecule has 0 fully saturated rings. The molecule has 5 heteroatoms. The third-order valence-electron chi connectivity index (χ3n) is 1.40. The van der Waals surface area contributed by atoms with Crippen molar-refractivity contribution in [3.05, 3.63) is 16.3 Å². The van der Waals surface area contributed by atoms with Gasteiger partial charge in [0, 0.05) is 0 Å². The quantitative estimate of drug-likeness (QED) is 0.784. The Morgan fingerprint density at radius 2 is 2.54 bits per heavy atom. The largest absolute Gasteiger partial charge is 0.450 e. The molecule has 1 aromatic heterocycles. The van der Waals surface area contributed by atoms with Crippen molar-refractivity contribution in [3.63, 3.8) is 0 Å². The van der Waals surface area contributed by atoms with E-state index in [4.69, 9.17) is 5.11 Å². The zero-order chi connectivity index (χ0) is 9.68. The summed E-state index contributed by atoms with van der Waals surface area (Å²) in [6.07, 6.45) is -0.490. The van der Waals surface area contributed by atoms with Crippen molar-refractivity contribution in [1.29, 1.82) is 0 Å². The van der Waals surface area contributed by atoms with E-state index < -0.39 is 6.09 Å². The Bertz CT molecular complexity index is 285. The average molecular weight is 201 g/mol. The third-order valence-corrected chi connectivity index (χ3v) is 2.31. The zero-order valence-corrected chi connectivity index (χ0v) is 8.06. The first-order chi connectivity index (χ1) is 6.27. The molecule has 0 aliphatic carbocycles. The first-order valence-electron chi connectivity index (χ1n) is 3.89. The van der Waals surface area contributed by atoms with Crippen LogP contribution >= 0.6 is 11.3 Å². The topological polar surface area (TPSA) is 58.6 Å². The van der Waals surface area contributed by atoms with Crippen LogP contribution in [0.3, 0.4) is 0 Å². The minimum absolute atomic E-state index is 0.0700. The van der Waals surface area contributed by atoms with Crippen LogP contribution in [-0.2, 0) is 11.3 Å². The predicted molar refractivity (Wildman–Crippen MR) is 50.9 cm³/mol. The number of aliphatic hydroxyl groups excluding tert-OH is 1. The molecule has 0 saturated heterocycles. The second kappa shape index (κ2) is 4.84. The molecule has 4 nitrogen and oxygen atoms in total. The summed E-state index contributed by atoms with van der Waals surface area (Å²) in [7, 11) is 0. The molecule has 1 rings (SSSR count). The van der Waals surface area contributed by atoms with Crippen LogP contribution in [0.4, 0.5) is 10.5 Å². The van der Waals surface area contributed by atoms with Crippen molar-refractivity contribution in [2.45, 2.75) is 13.5 Å². The van der Waals surface area contributed by atoms with Crippen molar-refractivity contribution in [3.8, 4) is 0 Å². The minimum Gasteiger partial charge on any atom is -0.450 e. The van der Waals surface area contributed by atoms with Crippen molar-refractivity contribution in [2.24, 2.45) is 0 Å². The van der Waals surface area contributed by atoms with Crippen molar-refractivity contribution < 1.29 is 14.6 Å². The van der Waals surface area contributed by atoms with Gasteiger partial charge in [-0.2, -0.15) is 0 Å². The maximum atomic E-state index is 11.0. The molecule has 1 aromatic rings. The molecule has 0 bridgehead atoms. The van der Waals surface area contributed by atoms with Crippen LogP contribution in [0.1, 0.15) is 11.8 Å². The Morgan fingerprint density at radius 3 is 3.15 bits per heavy atom. The fraction of sp³-hybridized carbons (Fsp3) is 0.375. The van der Waals surface area contributed by atoms with E-state index in [9.17, 15) is 4.79 Å². The van der Waals surface area contributed by atoms with Crippen molar-refractivity contribution >= 4 is 23.1 Å². The highest BCUT2D eigenvalue weighted by Crippen LogP contribution is 2.21. The second-order valence-corrected chi connectivity index (χ2v) is 3.26. The molecular formula is C8H11NO3S. The SMILES string of the molecule is CCOC(=O)Nc1ccsc1CO. The van der Waals surface area contributed by atoms with E-state index in [1.54, 1.807) is 18.4 Å². The molecule has 1 amide bonds. The summed E-state index contributed by atoms with van der Waals surface area (Å²) >= 11 is 1.39. The van der Waals surface area contributed by atoms with Gasteiger partial charge < -0.3 is 9.84 Å². The Morgan fingerprint density at radius 1 is 1.77 bits per heavy atom. The number of amides is 1. The summed E-state index contributed by atoms with van der Waals surface area (Å²) in [5, 5.41) is 13.2. The third kappa shape index (κ3) is 2.71. The van der Waals surface area contributed by atoms with Gasteiger partial charge in [-0.1, -0.05) is 0 Å². The maximum Gasteiger partial charge on any atom is 0.411 e. The van der Waals surface area contributed by atoms with Gasteiger partial charge in [0.25, 0.3) is 0 Å². The molecule has 0 unspecified atom stereocenters. The molecule has 13 heavy (non-hydrogen) atoms. The Kier molecular flexibility index (Phi) is 3.72. The minimum atomic E-state index is -0.490. The highest BCUT2D eigenvalue weighted by molar-refractivity contribution is 7.10. The van der Waals surface area contributed by atoms with Crippen LogP contribution < -0.4 is 5.32 Å². The Hall–Kier alpha value is -1.07. The maximum absolute atomic E-state index is 11.0. The lowest BCUT2D eigenvalue weighted by Gasteiger charge is -2.04. The Labute approximate surface area is 80.2 Å². The molecule has 0 saturated carbocycles. The number of thiophene rings is 1. The molecule has 0 atom stereocenters. The number of ether oxygens (including phenoxy) is 1. The molecule has 0 aromatic carbocycles. The predicted octanol–water partition coefficient (Wildman–Crippen LogP) is 1.81. The second-order valence-electron chi connectivity index (χ2n) is 2.26. The zero-order valence-electron chi connectivity index (χ0n) is 7.24. The number of aliphatic hydroxyl groups is 1. The Balaban J connectivity index is 2.57. The number of hydrogen-bond acceptors (Lipinski definition) is 4. The fourth-order valence-electron chi connectivity index (χ4n) is 0.852. The van der Waals surface area contributed by atoms with Crippen molar-refractivity contribution in [1.82, 2.24) is 0 Å². The summed E-state index contributed by atoms with van der Waals surface area (Å²) in [5.41, 5.74) is 0.617. The first kappa shape index (κ1) is 10.0. The summed E-state index contributed by atoms with van der Waals surface area (Å²) in [6.45, 7) is 2.00. The van der Waals surface area contributed by atoms with E-state index in [1.807, 2.05) is 0 Å². The van der Waals surface area contributed by atoms with E-state index in [2.05, 4.69) is 10.1 Å².